The highest BCUT2D eigenvalue weighted by molar-refractivity contribution is 6.32. The van der Waals surface area contributed by atoms with Gasteiger partial charge in [-0.2, -0.15) is 0 Å². The van der Waals surface area contributed by atoms with Crippen LogP contribution in [-0.2, 0) is 4.79 Å². The highest BCUT2D eigenvalue weighted by atomic mass is 35.5. The second-order valence-corrected chi connectivity index (χ2v) is 7.14. The minimum atomic E-state index is -0.347. The number of rotatable bonds is 4. The monoisotopic (exact) mass is 360 g/mol. The summed E-state index contributed by atoms with van der Waals surface area (Å²) in [6.45, 7) is 5.53. The normalized spacial score (nSPS) is 11.0. The molecule has 2 rings (SSSR count). The first-order valence-corrected chi connectivity index (χ1v) is 8.22. The fourth-order valence-electron chi connectivity index (χ4n) is 2.25. The second kappa shape index (κ2) is 7.57. The predicted octanol–water partition coefficient (Wildman–Crippen LogP) is 3.36. The van der Waals surface area contributed by atoms with Crippen LogP contribution in [-0.4, -0.2) is 29.0 Å². The van der Waals surface area contributed by atoms with Crippen LogP contribution >= 0.6 is 11.6 Å². The van der Waals surface area contributed by atoms with E-state index < -0.39 is 0 Å². The van der Waals surface area contributed by atoms with E-state index in [9.17, 15) is 14.7 Å². The number of phenols is 1. The summed E-state index contributed by atoms with van der Waals surface area (Å²) < 4.78 is 0. The SMILES string of the molecule is CC(C)(C)NC(=O)CNC(=O)c1cccc(-c2ccc(O)c(Cl)c2)c1. The molecular weight excluding hydrogens is 340 g/mol. The van der Waals surface area contributed by atoms with Gasteiger partial charge in [0.1, 0.15) is 5.75 Å². The summed E-state index contributed by atoms with van der Waals surface area (Å²) >= 11 is 5.93. The predicted molar refractivity (Wildman–Crippen MR) is 98.8 cm³/mol. The molecule has 0 saturated heterocycles. The van der Waals surface area contributed by atoms with Gasteiger partial charge in [0.2, 0.25) is 5.91 Å². The molecule has 0 radical (unpaired) electrons. The number of benzene rings is 2. The van der Waals surface area contributed by atoms with E-state index in [1.54, 1.807) is 30.3 Å². The summed E-state index contributed by atoms with van der Waals surface area (Å²) in [6, 6.07) is 11.8. The number of carbonyl (C=O) groups excluding carboxylic acids is 2. The van der Waals surface area contributed by atoms with Crippen molar-refractivity contribution in [2.24, 2.45) is 0 Å². The zero-order chi connectivity index (χ0) is 18.6. The molecule has 132 valence electrons. The minimum absolute atomic E-state index is 0.00387. The number of hydrogen-bond acceptors (Lipinski definition) is 3. The Labute approximate surface area is 152 Å². The average molecular weight is 361 g/mol. The molecular formula is C19H21ClN2O3. The van der Waals surface area contributed by atoms with Crippen molar-refractivity contribution in [1.82, 2.24) is 10.6 Å². The van der Waals surface area contributed by atoms with Gasteiger partial charge in [-0.25, -0.2) is 0 Å². The van der Waals surface area contributed by atoms with Crippen LogP contribution in [0.5, 0.6) is 5.75 Å². The highest BCUT2D eigenvalue weighted by Gasteiger charge is 2.15. The van der Waals surface area contributed by atoms with Gasteiger partial charge in [-0.05, 0) is 56.2 Å². The minimum Gasteiger partial charge on any atom is -0.506 e. The van der Waals surface area contributed by atoms with Crippen LogP contribution < -0.4 is 10.6 Å². The topological polar surface area (TPSA) is 78.4 Å². The Balaban J connectivity index is 2.09. The number of amides is 2. The molecule has 0 aliphatic carbocycles. The molecule has 5 nitrogen and oxygen atoms in total. The standard InChI is InChI=1S/C19H21ClN2O3/c1-19(2,3)22-17(24)11-21-18(25)14-6-4-5-12(9-14)13-7-8-16(23)15(20)10-13/h4-10,23H,11H2,1-3H3,(H,21,25)(H,22,24). The first kappa shape index (κ1) is 18.8. The van der Waals surface area contributed by atoms with Crippen LogP contribution in [0.25, 0.3) is 11.1 Å². The molecule has 0 atom stereocenters. The molecule has 0 aliphatic rings. The Morgan fingerprint density at radius 3 is 2.40 bits per heavy atom. The summed E-state index contributed by atoms with van der Waals surface area (Å²) in [7, 11) is 0. The van der Waals surface area contributed by atoms with Crippen molar-refractivity contribution in [2.75, 3.05) is 6.54 Å². The first-order valence-electron chi connectivity index (χ1n) is 7.84. The maximum Gasteiger partial charge on any atom is 0.251 e. The van der Waals surface area contributed by atoms with E-state index in [1.807, 2.05) is 26.8 Å². The molecule has 0 unspecified atom stereocenters. The summed E-state index contributed by atoms with van der Waals surface area (Å²) in [5.74, 6) is -0.581. The number of aromatic hydroxyl groups is 1. The molecule has 6 heteroatoms. The lowest BCUT2D eigenvalue weighted by atomic mass is 10.0. The summed E-state index contributed by atoms with van der Waals surface area (Å²) in [6.07, 6.45) is 0. The number of halogens is 1. The number of phenolic OH excluding ortho intramolecular Hbond substituents is 1. The third-order valence-corrected chi connectivity index (χ3v) is 3.63. The van der Waals surface area contributed by atoms with Gasteiger partial charge in [0, 0.05) is 11.1 Å². The molecule has 0 spiro atoms. The lowest BCUT2D eigenvalue weighted by molar-refractivity contribution is -0.121. The van der Waals surface area contributed by atoms with Crippen LogP contribution in [0.3, 0.4) is 0 Å². The Hall–Kier alpha value is -2.53. The van der Waals surface area contributed by atoms with Crippen LogP contribution in [0.2, 0.25) is 5.02 Å². The molecule has 2 amide bonds. The van der Waals surface area contributed by atoms with Crippen LogP contribution in [0.1, 0.15) is 31.1 Å². The Kier molecular flexibility index (Phi) is 5.69. The van der Waals surface area contributed by atoms with E-state index in [0.29, 0.717) is 5.56 Å². The maximum absolute atomic E-state index is 12.3. The van der Waals surface area contributed by atoms with Gasteiger partial charge >= 0.3 is 0 Å². The van der Waals surface area contributed by atoms with Gasteiger partial charge in [0.15, 0.2) is 0 Å². The molecule has 0 fully saturated rings. The van der Waals surface area contributed by atoms with Crippen LogP contribution in [0.4, 0.5) is 0 Å². The van der Waals surface area contributed by atoms with E-state index >= 15 is 0 Å². The fourth-order valence-corrected chi connectivity index (χ4v) is 2.43. The average Bonchev–Trinajstić information content (AvgIpc) is 2.53. The van der Waals surface area contributed by atoms with E-state index in [2.05, 4.69) is 10.6 Å². The number of carbonyl (C=O) groups is 2. The van der Waals surface area contributed by atoms with Gasteiger partial charge in [0.25, 0.3) is 5.91 Å². The third-order valence-electron chi connectivity index (χ3n) is 3.33. The van der Waals surface area contributed by atoms with Crippen molar-refractivity contribution in [3.8, 4) is 16.9 Å². The maximum atomic E-state index is 12.3. The van der Waals surface area contributed by atoms with E-state index in [0.717, 1.165) is 11.1 Å². The second-order valence-electron chi connectivity index (χ2n) is 6.73. The van der Waals surface area contributed by atoms with E-state index in [1.165, 1.54) is 6.07 Å². The Morgan fingerprint density at radius 1 is 1.08 bits per heavy atom. The van der Waals surface area contributed by atoms with Crippen molar-refractivity contribution < 1.29 is 14.7 Å². The third kappa shape index (κ3) is 5.50. The van der Waals surface area contributed by atoms with Crippen molar-refractivity contribution in [2.45, 2.75) is 26.3 Å². The quantitative estimate of drug-likeness (QED) is 0.782. The molecule has 0 bridgehead atoms. The Morgan fingerprint density at radius 2 is 1.76 bits per heavy atom. The molecule has 0 saturated carbocycles. The number of hydrogen-bond donors (Lipinski definition) is 3. The number of nitrogens with one attached hydrogen (secondary N) is 2. The van der Waals surface area contributed by atoms with Crippen molar-refractivity contribution >= 4 is 23.4 Å². The molecule has 2 aromatic carbocycles. The highest BCUT2D eigenvalue weighted by Crippen LogP contribution is 2.29. The van der Waals surface area contributed by atoms with E-state index in [4.69, 9.17) is 11.6 Å². The zero-order valence-electron chi connectivity index (χ0n) is 14.4. The van der Waals surface area contributed by atoms with Gasteiger partial charge in [-0.3, -0.25) is 9.59 Å². The van der Waals surface area contributed by atoms with Gasteiger partial charge in [-0.15, -0.1) is 0 Å². The van der Waals surface area contributed by atoms with Gasteiger partial charge in [0.05, 0.1) is 11.6 Å². The molecule has 0 heterocycles. The van der Waals surface area contributed by atoms with Gasteiger partial charge in [-0.1, -0.05) is 29.8 Å². The fraction of sp³-hybridized carbons (Fsp3) is 0.263. The van der Waals surface area contributed by atoms with Crippen LogP contribution in [0, 0.1) is 0 Å². The van der Waals surface area contributed by atoms with Crippen molar-refractivity contribution in [3.05, 3.63) is 53.1 Å². The summed E-state index contributed by atoms with van der Waals surface area (Å²) in [5.41, 5.74) is 1.65. The van der Waals surface area contributed by atoms with Gasteiger partial charge < -0.3 is 15.7 Å². The molecule has 0 aromatic heterocycles. The van der Waals surface area contributed by atoms with Crippen LogP contribution in [0.15, 0.2) is 42.5 Å². The smallest absolute Gasteiger partial charge is 0.251 e. The molecule has 2 aromatic rings. The largest absolute Gasteiger partial charge is 0.506 e. The lowest BCUT2D eigenvalue weighted by Gasteiger charge is -2.20. The lowest BCUT2D eigenvalue weighted by Crippen LogP contribution is -2.45. The Bertz CT molecular complexity index is 797. The zero-order valence-corrected chi connectivity index (χ0v) is 15.1. The summed E-state index contributed by atoms with van der Waals surface area (Å²) in [4.78, 5) is 24.1. The summed E-state index contributed by atoms with van der Waals surface area (Å²) in [5, 5.41) is 15.1. The first-order chi connectivity index (χ1) is 11.7. The molecule has 25 heavy (non-hydrogen) atoms. The van der Waals surface area contributed by atoms with Crippen molar-refractivity contribution in [1.29, 1.82) is 0 Å². The van der Waals surface area contributed by atoms with E-state index in [-0.39, 0.29) is 34.7 Å². The van der Waals surface area contributed by atoms with Crippen molar-refractivity contribution in [3.63, 3.8) is 0 Å². The molecule has 0 aliphatic heterocycles. The molecule has 3 N–H and O–H groups in total.